The smallest absolute Gasteiger partial charge is 0.331 e. The van der Waals surface area contributed by atoms with Gasteiger partial charge >= 0.3 is 5.97 Å². The van der Waals surface area contributed by atoms with E-state index in [0.717, 1.165) is 0 Å². The van der Waals surface area contributed by atoms with Gasteiger partial charge in [0.1, 0.15) is 0 Å². The summed E-state index contributed by atoms with van der Waals surface area (Å²) in [6.07, 6.45) is 8.81. The number of carboxylic acids is 1. The van der Waals surface area contributed by atoms with Crippen molar-refractivity contribution in [2.24, 2.45) is 5.92 Å². The molecule has 0 aromatic rings. The molecule has 1 aliphatic carbocycles. The summed E-state index contributed by atoms with van der Waals surface area (Å²) in [4.78, 5) is 10.7. The van der Waals surface area contributed by atoms with Gasteiger partial charge in [-0.05, 0) is 25.2 Å². The molecule has 0 bridgehead atoms. The SMILES string of the molecule is CC/C(=C\C1CCCCC1)C(=O)O. The van der Waals surface area contributed by atoms with Crippen LogP contribution in [0.1, 0.15) is 45.4 Å². The molecule has 1 aliphatic rings. The molecule has 0 radical (unpaired) electrons. The minimum Gasteiger partial charge on any atom is -0.478 e. The Morgan fingerprint density at radius 2 is 2.00 bits per heavy atom. The molecule has 0 heterocycles. The minimum absolute atomic E-state index is 0.528. The topological polar surface area (TPSA) is 37.3 Å². The lowest BCUT2D eigenvalue weighted by Gasteiger charge is -2.18. The van der Waals surface area contributed by atoms with Crippen molar-refractivity contribution in [3.05, 3.63) is 11.6 Å². The number of hydrogen-bond donors (Lipinski definition) is 1. The highest BCUT2D eigenvalue weighted by molar-refractivity contribution is 5.86. The lowest BCUT2D eigenvalue weighted by Crippen LogP contribution is -2.07. The van der Waals surface area contributed by atoms with Crippen LogP contribution in [-0.2, 0) is 4.79 Å². The number of hydrogen-bond acceptors (Lipinski definition) is 1. The highest BCUT2D eigenvalue weighted by Crippen LogP contribution is 2.26. The molecule has 0 aromatic carbocycles. The van der Waals surface area contributed by atoms with Gasteiger partial charge in [0.2, 0.25) is 0 Å². The van der Waals surface area contributed by atoms with Gasteiger partial charge in [0.15, 0.2) is 0 Å². The molecule has 0 saturated heterocycles. The molecule has 13 heavy (non-hydrogen) atoms. The number of carbonyl (C=O) groups is 1. The van der Waals surface area contributed by atoms with E-state index in [4.69, 9.17) is 5.11 Å². The van der Waals surface area contributed by atoms with Crippen molar-refractivity contribution in [2.45, 2.75) is 45.4 Å². The first-order valence-corrected chi connectivity index (χ1v) is 5.18. The zero-order valence-electron chi connectivity index (χ0n) is 8.25. The van der Waals surface area contributed by atoms with Gasteiger partial charge in [0.25, 0.3) is 0 Å². The molecule has 0 spiro atoms. The molecular weight excluding hydrogens is 164 g/mol. The molecule has 0 unspecified atom stereocenters. The lowest BCUT2D eigenvalue weighted by atomic mass is 9.87. The van der Waals surface area contributed by atoms with Crippen LogP contribution in [0.3, 0.4) is 0 Å². The summed E-state index contributed by atoms with van der Waals surface area (Å²) in [5.74, 6) is -0.215. The van der Waals surface area contributed by atoms with Gasteiger partial charge in [-0.15, -0.1) is 0 Å². The van der Waals surface area contributed by atoms with Gasteiger partial charge < -0.3 is 5.11 Å². The van der Waals surface area contributed by atoms with Gasteiger partial charge in [-0.3, -0.25) is 0 Å². The van der Waals surface area contributed by atoms with Crippen LogP contribution < -0.4 is 0 Å². The third-order valence-corrected chi connectivity index (χ3v) is 2.74. The minimum atomic E-state index is -0.743. The largest absolute Gasteiger partial charge is 0.478 e. The average molecular weight is 182 g/mol. The molecule has 1 rings (SSSR count). The van der Waals surface area contributed by atoms with E-state index in [1.807, 2.05) is 13.0 Å². The first-order valence-electron chi connectivity index (χ1n) is 5.18. The van der Waals surface area contributed by atoms with Crippen LogP contribution in [0.2, 0.25) is 0 Å². The lowest BCUT2D eigenvalue weighted by molar-refractivity contribution is -0.132. The summed E-state index contributed by atoms with van der Waals surface area (Å²) in [6.45, 7) is 1.91. The van der Waals surface area contributed by atoms with E-state index in [1.54, 1.807) is 0 Å². The van der Waals surface area contributed by atoms with Crippen molar-refractivity contribution in [3.63, 3.8) is 0 Å². The Morgan fingerprint density at radius 1 is 1.38 bits per heavy atom. The monoisotopic (exact) mass is 182 g/mol. The molecule has 0 aromatic heterocycles. The molecule has 2 nitrogen and oxygen atoms in total. The summed E-state index contributed by atoms with van der Waals surface area (Å²) in [5, 5.41) is 8.84. The maximum atomic E-state index is 10.7. The second kappa shape index (κ2) is 5.05. The highest BCUT2D eigenvalue weighted by Gasteiger charge is 2.13. The van der Waals surface area contributed by atoms with Crippen molar-refractivity contribution in [3.8, 4) is 0 Å². The average Bonchev–Trinajstić information content (AvgIpc) is 2.15. The van der Waals surface area contributed by atoms with E-state index >= 15 is 0 Å². The van der Waals surface area contributed by atoms with Crippen LogP contribution in [0, 0.1) is 5.92 Å². The summed E-state index contributed by atoms with van der Waals surface area (Å²) >= 11 is 0. The van der Waals surface area contributed by atoms with E-state index in [0.29, 0.717) is 17.9 Å². The number of rotatable bonds is 3. The standard InChI is InChI=1S/C11H18O2/c1-2-10(11(12)13)8-9-6-4-3-5-7-9/h8-9H,2-7H2,1H3,(H,12,13)/b10-8+. The van der Waals surface area contributed by atoms with Crippen LogP contribution in [0.25, 0.3) is 0 Å². The van der Waals surface area contributed by atoms with Crippen LogP contribution in [0.5, 0.6) is 0 Å². The number of allylic oxidation sites excluding steroid dienone is 1. The summed E-state index contributed by atoms with van der Waals surface area (Å²) in [7, 11) is 0. The van der Waals surface area contributed by atoms with Gasteiger partial charge in [-0.1, -0.05) is 32.3 Å². The van der Waals surface area contributed by atoms with Crippen LogP contribution >= 0.6 is 0 Å². The van der Waals surface area contributed by atoms with Crippen LogP contribution in [-0.4, -0.2) is 11.1 Å². The first kappa shape index (κ1) is 10.3. The Morgan fingerprint density at radius 3 is 2.46 bits per heavy atom. The Kier molecular flexibility index (Phi) is 4.00. The molecule has 0 atom stereocenters. The predicted octanol–water partition coefficient (Wildman–Crippen LogP) is 2.99. The second-order valence-electron chi connectivity index (χ2n) is 3.75. The molecule has 1 N–H and O–H groups in total. The second-order valence-corrected chi connectivity index (χ2v) is 3.75. The van der Waals surface area contributed by atoms with Gasteiger partial charge in [0, 0.05) is 5.57 Å². The van der Waals surface area contributed by atoms with E-state index < -0.39 is 5.97 Å². The highest BCUT2D eigenvalue weighted by atomic mass is 16.4. The first-order chi connectivity index (χ1) is 6.24. The van der Waals surface area contributed by atoms with Crippen molar-refractivity contribution in [1.29, 1.82) is 0 Å². The van der Waals surface area contributed by atoms with E-state index in [1.165, 1.54) is 32.1 Å². The van der Waals surface area contributed by atoms with Crippen molar-refractivity contribution < 1.29 is 9.90 Å². The molecule has 1 fully saturated rings. The number of carboxylic acid groups (broad SMARTS) is 1. The fraction of sp³-hybridized carbons (Fsp3) is 0.727. The molecular formula is C11H18O2. The Balaban J connectivity index is 2.54. The van der Waals surface area contributed by atoms with Gasteiger partial charge in [-0.2, -0.15) is 0 Å². The Hall–Kier alpha value is -0.790. The van der Waals surface area contributed by atoms with Crippen LogP contribution in [0.15, 0.2) is 11.6 Å². The molecule has 74 valence electrons. The Labute approximate surface area is 79.6 Å². The Bertz CT molecular complexity index is 200. The normalized spacial score (nSPS) is 20.2. The molecule has 2 heteroatoms. The maximum absolute atomic E-state index is 10.7. The van der Waals surface area contributed by atoms with Crippen molar-refractivity contribution in [2.75, 3.05) is 0 Å². The summed E-state index contributed by atoms with van der Waals surface area (Å²) in [5.41, 5.74) is 0.590. The predicted molar refractivity (Wildman–Crippen MR) is 52.6 cm³/mol. The third-order valence-electron chi connectivity index (χ3n) is 2.74. The maximum Gasteiger partial charge on any atom is 0.331 e. The van der Waals surface area contributed by atoms with E-state index in [-0.39, 0.29) is 0 Å². The molecule has 1 saturated carbocycles. The zero-order chi connectivity index (χ0) is 9.68. The summed E-state index contributed by atoms with van der Waals surface area (Å²) < 4.78 is 0. The van der Waals surface area contributed by atoms with E-state index in [2.05, 4.69) is 0 Å². The van der Waals surface area contributed by atoms with Crippen LogP contribution in [0.4, 0.5) is 0 Å². The zero-order valence-corrected chi connectivity index (χ0v) is 8.25. The fourth-order valence-electron chi connectivity index (χ4n) is 1.93. The van der Waals surface area contributed by atoms with E-state index in [9.17, 15) is 4.79 Å². The fourth-order valence-corrected chi connectivity index (χ4v) is 1.93. The van der Waals surface area contributed by atoms with Crippen molar-refractivity contribution >= 4 is 5.97 Å². The number of aliphatic carboxylic acids is 1. The summed E-state index contributed by atoms with van der Waals surface area (Å²) in [6, 6.07) is 0. The quantitative estimate of drug-likeness (QED) is 0.681. The molecule has 0 aliphatic heterocycles. The third kappa shape index (κ3) is 3.21. The molecule has 0 amide bonds. The van der Waals surface area contributed by atoms with Crippen molar-refractivity contribution in [1.82, 2.24) is 0 Å². The van der Waals surface area contributed by atoms with Gasteiger partial charge in [-0.25, -0.2) is 4.79 Å². The van der Waals surface area contributed by atoms with Gasteiger partial charge in [0.05, 0.1) is 0 Å².